The first-order chi connectivity index (χ1) is 11.8. The second-order valence-electron chi connectivity index (χ2n) is 5.64. The number of phenols is 1. The summed E-state index contributed by atoms with van der Waals surface area (Å²) in [6.45, 7) is 1.32. The molecule has 128 valence electrons. The van der Waals surface area contributed by atoms with Crippen LogP contribution in [-0.2, 0) is 8.53 Å². The van der Waals surface area contributed by atoms with E-state index in [1.54, 1.807) is 12.1 Å². The van der Waals surface area contributed by atoms with E-state index < -0.39 is 24.3 Å². The summed E-state index contributed by atoms with van der Waals surface area (Å²) in [7, 11) is 0. The van der Waals surface area contributed by atoms with Gasteiger partial charge in [0.05, 0.1) is 0 Å². The van der Waals surface area contributed by atoms with Crippen molar-refractivity contribution in [2.45, 2.75) is 6.92 Å². The number of amides is 1. The van der Waals surface area contributed by atoms with Gasteiger partial charge in [0.15, 0.2) is 0 Å². The molecule has 0 spiro atoms. The van der Waals surface area contributed by atoms with Crippen LogP contribution in [0.4, 0.5) is 5.69 Å². The Bertz CT molecular complexity index is 1030. The molecule has 0 heterocycles. The van der Waals surface area contributed by atoms with Gasteiger partial charge in [-0.2, -0.15) is 0 Å². The van der Waals surface area contributed by atoms with Crippen molar-refractivity contribution in [1.29, 1.82) is 0 Å². The van der Waals surface area contributed by atoms with Crippen LogP contribution in [0.1, 0.15) is 6.92 Å². The topological polar surface area (TPSA) is 107 Å². The van der Waals surface area contributed by atoms with Gasteiger partial charge in [0, 0.05) is 0 Å². The molecule has 0 fully saturated rings. The van der Waals surface area contributed by atoms with Gasteiger partial charge in [0.1, 0.15) is 0 Å². The molecule has 0 saturated heterocycles. The van der Waals surface area contributed by atoms with Gasteiger partial charge in [-0.15, -0.1) is 0 Å². The number of nitrogens with one attached hydrogen (secondary N) is 1. The van der Waals surface area contributed by atoms with Crippen LogP contribution in [0.2, 0.25) is 0 Å². The molecule has 0 saturated carbocycles. The quantitative estimate of drug-likeness (QED) is 0.500. The molecule has 0 aliphatic carbocycles. The first kappa shape index (κ1) is 17.3. The van der Waals surface area contributed by atoms with Crippen molar-refractivity contribution in [1.82, 2.24) is 0 Å². The fraction of sp³-hybridized carbons (Fsp3) is 0.0556. The molecule has 1 amide bonds. The normalized spacial score (nSPS) is 11.5. The van der Waals surface area contributed by atoms with Crippen molar-refractivity contribution < 1.29 is 21.8 Å². The summed E-state index contributed by atoms with van der Waals surface area (Å²) in [5.41, 5.74) is 1.02. The Morgan fingerprint density at radius 3 is 2.32 bits per heavy atom. The van der Waals surface area contributed by atoms with Crippen molar-refractivity contribution in [3.63, 3.8) is 0 Å². The van der Waals surface area contributed by atoms with E-state index in [2.05, 4.69) is 5.32 Å². The maximum atomic E-state index is 11.7. The third-order valence-corrected chi connectivity index (χ3v) is 5.89. The number of carbonyl (C=O) groups excluding carboxylic acids is 1. The van der Waals surface area contributed by atoms with Crippen molar-refractivity contribution in [3.05, 3.63) is 54.6 Å². The first-order valence-electron chi connectivity index (χ1n) is 7.46. The van der Waals surface area contributed by atoms with Crippen molar-refractivity contribution >= 4 is 40.9 Å². The van der Waals surface area contributed by atoms with Crippen LogP contribution in [0.3, 0.4) is 0 Å². The summed E-state index contributed by atoms with van der Waals surface area (Å²) >= 11 is -5.33. The van der Waals surface area contributed by atoms with E-state index in [0.717, 1.165) is 16.8 Å². The maximum absolute atomic E-state index is 11.7. The van der Waals surface area contributed by atoms with E-state index in [9.17, 15) is 21.8 Å². The van der Waals surface area contributed by atoms with E-state index in [4.69, 9.17) is 0 Å². The second-order valence-corrected chi connectivity index (χ2v) is 8.94. The summed E-state index contributed by atoms with van der Waals surface area (Å²) in [5.74, 6) is -0.871. The molecule has 3 aromatic rings. The van der Waals surface area contributed by atoms with Gasteiger partial charge < -0.3 is 0 Å². The van der Waals surface area contributed by atoms with Crippen molar-refractivity contribution in [3.8, 4) is 16.9 Å². The molecular formula is C18H16AsNO5. The van der Waals surface area contributed by atoms with Gasteiger partial charge in [-0.1, -0.05) is 0 Å². The monoisotopic (exact) mass is 401 g/mol. The Hall–Kier alpha value is -2.53. The van der Waals surface area contributed by atoms with Gasteiger partial charge in [0.25, 0.3) is 0 Å². The summed E-state index contributed by atoms with van der Waals surface area (Å²) in [6.07, 6.45) is 0. The zero-order valence-electron chi connectivity index (χ0n) is 13.3. The number of fused-ring (bicyclic) bond motifs is 1. The molecule has 3 aromatic carbocycles. The standard InChI is InChI=1S/C18H16AsNO5/c1-11(21)20-16-9-8-15(19(23,24)25)18(22)17(16)14-7-6-12-4-2-3-5-13(12)10-14/h2-10,22H,1H3,(H,20,21)(H2,23,24,25). The number of carbonyl (C=O) groups is 1. The fourth-order valence-corrected chi connectivity index (χ4v) is 4.12. The van der Waals surface area contributed by atoms with E-state index in [-0.39, 0.29) is 17.2 Å². The SMILES string of the molecule is CC(=O)Nc1ccc([As](=O)(O)O)c(O)c1-c1ccc2ccccc2c1. The predicted octanol–water partition coefficient (Wildman–Crippen LogP) is 1.73. The Morgan fingerprint density at radius 1 is 1.00 bits per heavy atom. The molecule has 4 N–H and O–H groups in total. The van der Waals surface area contributed by atoms with Gasteiger partial charge in [-0.05, 0) is 0 Å². The molecular weight excluding hydrogens is 385 g/mol. The number of hydrogen-bond donors (Lipinski definition) is 4. The Kier molecular flexibility index (Phi) is 4.43. The molecule has 0 atom stereocenters. The molecule has 25 heavy (non-hydrogen) atoms. The summed E-state index contributed by atoms with van der Waals surface area (Å²) in [6, 6.07) is 15.5. The summed E-state index contributed by atoms with van der Waals surface area (Å²) in [5, 5.41) is 15.0. The molecule has 0 aliphatic heterocycles. The van der Waals surface area contributed by atoms with Crippen LogP contribution < -0.4 is 9.67 Å². The number of rotatable bonds is 3. The molecule has 6 nitrogen and oxygen atoms in total. The van der Waals surface area contributed by atoms with Gasteiger partial charge in [-0.25, -0.2) is 0 Å². The molecule has 0 bridgehead atoms. The first-order valence-corrected chi connectivity index (χ1v) is 10.8. The third kappa shape index (κ3) is 3.46. The zero-order valence-corrected chi connectivity index (χ0v) is 15.2. The average Bonchev–Trinajstić information content (AvgIpc) is 2.53. The average molecular weight is 401 g/mol. The van der Waals surface area contributed by atoms with Gasteiger partial charge in [-0.3, -0.25) is 0 Å². The zero-order chi connectivity index (χ0) is 18.2. The van der Waals surface area contributed by atoms with E-state index >= 15 is 0 Å². The third-order valence-electron chi connectivity index (χ3n) is 3.82. The van der Waals surface area contributed by atoms with Crippen LogP contribution >= 0.6 is 0 Å². The van der Waals surface area contributed by atoms with E-state index in [1.165, 1.54) is 13.0 Å². The predicted molar refractivity (Wildman–Crippen MR) is 95.9 cm³/mol. The second kappa shape index (κ2) is 6.41. The molecule has 7 heteroatoms. The van der Waals surface area contributed by atoms with Crippen molar-refractivity contribution in [2.75, 3.05) is 5.32 Å². The van der Waals surface area contributed by atoms with E-state index in [0.29, 0.717) is 5.56 Å². The molecule has 0 aliphatic rings. The number of phenolic OH excluding ortho intramolecular Hbond substituents is 1. The Labute approximate surface area is 146 Å². The Balaban J connectivity index is 2.29. The molecule has 0 unspecified atom stereocenters. The Morgan fingerprint density at radius 2 is 1.68 bits per heavy atom. The van der Waals surface area contributed by atoms with Crippen LogP contribution in [0.25, 0.3) is 21.9 Å². The van der Waals surface area contributed by atoms with Gasteiger partial charge in [0.2, 0.25) is 0 Å². The summed E-state index contributed by atoms with van der Waals surface area (Å²) in [4.78, 5) is 11.5. The number of anilines is 1. The van der Waals surface area contributed by atoms with Crippen LogP contribution in [0, 0.1) is 0 Å². The van der Waals surface area contributed by atoms with Crippen LogP contribution in [-0.4, -0.2) is 33.4 Å². The van der Waals surface area contributed by atoms with Gasteiger partial charge >= 0.3 is 146 Å². The number of aromatic hydroxyl groups is 1. The molecule has 0 radical (unpaired) electrons. The van der Waals surface area contributed by atoms with Crippen molar-refractivity contribution in [2.24, 2.45) is 0 Å². The van der Waals surface area contributed by atoms with Crippen LogP contribution in [0.15, 0.2) is 54.6 Å². The number of benzene rings is 3. The fourth-order valence-electron chi connectivity index (χ4n) is 2.75. The molecule has 3 rings (SSSR count). The minimum atomic E-state index is -5.33. The minimum absolute atomic E-state index is 0.184. The van der Waals surface area contributed by atoms with Crippen LogP contribution in [0.5, 0.6) is 5.75 Å². The molecule has 0 aromatic heterocycles. The number of hydrogen-bond acceptors (Lipinski definition) is 3. The summed E-state index contributed by atoms with van der Waals surface area (Å²) < 4.78 is 30.3. The van der Waals surface area contributed by atoms with E-state index in [1.807, 2.05) is 30.3 Å².